The van der Waals surface area contributed by atoms with Gasteiger partial charge in [0, 0.05) is 18.3 Å². The fourth-order valence-corrected chi connectivity index (χ4v) is 4.47. The normalized spacial score (nSPS) is 11.1. The van der Waals surface area contributed by atoms with Gasteiger partial charge in [0.15, 0.2) is 12.6 Å². The molecular formula is C22H12I2O4. The molecule has 0 unspecified atom stereocenters. The molecule has 0 aliphatic rings. The minimum absolute atomic E-state index is 0.152. The first-order valence-corrected chi connectivity index (χ1v) is 10.4. The molecule has 0 radical (unpaired) electrons. The summed E-state index contributed by atoms with van der Waals surface area (Å²) in [6.07, 6.45) is 1.21. The Morgan fingerprint density at radius 3 is 1.39 bits per heavy atom. The summed E-state index contributed by atoms with van der Waals surface area (Å²) in [5.41, 5.74) is 0.910. The SMILES string of the molecule is O=Cc1c(O)c(-c2cc3cc(I)ccc3c(C=O)c2O)cc2cc(I)ccc12. The van der Waals surface area contributed by atoms with Crippen molar-refractivity contribution in [1.82, 2.24) is 0 Å². The zero-order valence-electron chi connectivity index (χ0n) is 14.2. The van der Waals surface area contributed by atoms with Crippen LogP contribution in [-0.4, -0.2) is 22.8 Å². The van der Waals surface area contributed by atoms with E-state index >= 15 is 0 Å². The number of benzene rings is 4. The van der Waals surface area contributed by atoms with Crippen LogP contribution in [0.2, 0.25) is 0 Å². The highest BCUT2D eigenvalue weighted by Crippen LogP contribution is 2.44. The molecule has 6 heteroatoms. The summed E-state index contributed by atoms with van der Waals surface area (Å²) in [6, 6.07) is 14.5. The van der Waals surface area contributed by atoms with E-state index in [0.29, 0.717) is 34.5 Å². The predicted octanol–water partition coefficient (Wildman–Crippen LogP) is 5.91. The molecule has 4 aromatic carbocycles. The highest BCUT2D eigenvalue weighted by molar-refractivity contribution is 14.1. The Kier molecular flexibility index (Phi) is 5.00. The van der Waals surface area contributed by atoms with Gasteiger partial charge in [-0.2, -0.15) is 0 Å². The minimum Gasteiger partial charge on any atom is -0.507 e. The van der Waals surface area contributed by atoms with E-state index in [9.17, 15) is 19.8 Å². The number of fused-ring (bicyclic) bond motifs is 2. The summed E-state index contributed by atoms with van der Waals surface area (Å²) in [5, 5.41) is 24.4. The Hall–Kier alpha value is -2.20. The zero-order valence-corrected chi connectivity index (χ0v) is 18.6. The molecule has 138 valence electrons. The number of aromatic hydroxyl groups is 2. The van der Waals surface area contributed by atoms with Gasteiger partial charge < -0.3 is 10.2 Å². The summed E-state index contributed by atoms with van der Waals surface area (Å²) in [5.74, 6) is -0.443. The maximum absolute atomic E-state index is 11.7. The molecule has 0 atom stereocenters. The molecule has 0 bridgehead atoms. The number of aldehydes is 2. The zero-order chi connectivity index (χ0) is 20.0. The number of rotatable bonds is 3. The Morgan fingerprint density at radius 1 is 0.643 bits per heavy atom. The van der Waals surface area contributed by atoms with Crippen LogP contribution in [0.25, 0.3) is 32.7 Å². The number of phenolic OH excluding ortho intramolecular Hbond substituents is 2. The van der Waals surface area contributed by atoms with Gasteiger partial charge in [-0.05, 0) is 103 Å². The van der Waals surface area contributed by atoms with E-state index in [4.69, 9.17) is 0 Å². The van der Waals surface area contributed by atoms with Crippen LogP contribution in [0.5, 0.6) is 11.5 Å². The van der Waals surface area contributed by atoms with Crippen molar-refractivity contribution in [3.05, 3.63) is 66.8 Å². The van der Waals surface area contributed by atoms with Gasteiger partial charge in [-0.25, -0.2) is 0 Å². The third-order valence-electron chi connectivity index (χ3n) is 4.75. The molecule has 0 heterocycles. The van der Waals surface area contributed by atoms with Crippen molar-refractivity contribution in [2.75, 3.05) is 0 Å². The molecule has 4 rings (SSSR count). The molecule has 0 fully saturated rings. The monoisotopic (exact) mass is 594 g/mol. The Balaban J connectivity index is 2.14. The summed E-state index contributed by atoms with van der Waals surface area (Å²) in [4.78, 5) is 23.4. The smallest absolute Gasteiger partial charge is 0.154 e. The molecular weight excluding hydrogens is 582 g/mol. The quantitative estimate of drug-likeness (QED) is 0.229. The summed E-state index contributed by atoms with van der Waals surface area (Å²) < 4.78 is 1.95. The summed E-state index contributed by atoms with van der Waals surface area (Å²) in [6.45, 7) is 0. The van der Waals surface area contributed by atoms with Gasteiger partial charge in [-0.3, -0.25) is 9.59 Å². The third-order valence-corrected chi connectivity index (χ3v) is 6.10. The van der Waals surface area contributed by atoms with E-state index in [0.717, 1.165) is 17.9 Å². The summed E-state index contributed by atoms with van der Waals surface area (Å²) in [7, 11) is 0. The fourth-order valence-electron chi connectivity index (χ4n) is 3.44. The lowest BCUT2D eigenvalue weighted by atomic mass is 9.92. The topological polar surface area (TPSA) is 74.6 Å². The molecule has 0 aliphatic carbocycles. The average Bonchev–Trinajstić information content (AvgIpc) is 2.67. The van der Waals surface area contributed by atoms with Crippen molar-refractivity contribution in [2.45, 2.75) is 0 Å². The van der Waals surface area contributed by atoms with E-state index < -0.39 is 0 Å². The van der Waals surface area contributed by atoms with Gasteiger partial charge in [0.1, 0.15) is 11.5 Å². The van der Waals surface area contributed by atoms with Gasteiger partial charge in [0.25, 0.3) is 0 Å². The first-order valence-electron chi connectivity index (χ1n) is 8.25. The number of carbonyl (C=O) groups is 2. The van der Waals surface area contributed by atoms with Crippen molar-refractivity contribution in [3.63, 3.8) is 0 Å². The standard InChI is InChI=1S/C22H12I2O4/c23-13-1-3-15-11(5-13)7-17(21(27)19(15)9-25)18-8-12-6-14(24)2-4-16(12)20(10-26)22(18)28/h1-10,27-28H. The van der Waals surface area contributed by atoms with Gasteiger partial charge in [-0.15, -0.1) is 0 Å². The van der Waals surface area contributed by atoms with Gasteiger partial charge in [0.05, 0.1) is 11.1 Å². The number of carbonyl (C=O) groups excluding carboxylic acids is 2. The van der Waals surface area contributed by atoms with Gasteiger partial charge >= 0.3 is 0 Å². The van der Waals surface area contributed by atoms with Crippen LogP contribution in [0.15, 0.2) is 48.5 Å². The number of hydrogen-bond donors (Lipinski definition) is 2. The minimum atomic E-state index is -0.221. The number of halogens is 2. The van der Waals surface area contributed by atoms with E-state index in [1.54, 1.807) is 24.3 Å². The van der Waals surface area contributed by atoms with Crippen LogP contribution < -0.4 is 0 Å². The molecule has 4 nitrogen and oxygen atoms in total. The van der Waals surface area contributed by atoms with E-state index in [1.807, 2.05) is 24.3 Å². The van der Waals surface area contributed by atoms with E-state index in [1.165, 1.54) is 0 Å². The van der Waals surface area contributed by atoms with Crippen LogP contribution in [0.4, 0.5) is 0 Å². The maximum Gasteiger partial charge on any atom is 0.154 e. The molecule has 0 saturated heterocycles. The fraction of sp³-hybridized carbons (Fsp3) is 0. The van der Waals surface area contributed by atoms with Crippen LogP contribution in [0, 0.1) is 7.14 Å². The van der Waals surface area contributed by atoms with Crippen LogP contribution in [0.3, 0.4) is 0 Å². The second-order valence-electron chi connectivity index (χ2n) is 6.34. The summed E-state index contributed by atoms with van der Waals surface area (Å²) >= 11 is 4.34. The lowest BCUT2D eigenvalue weighted by Gasteiger charge is -2.15. The van der Waals surface area contributed by atoms with Crippen molar-refractivity contribution >= 4 is 79.3 Å². The lowest BCUT2D eigenvalue weighted by molar-refractivity contribution is 0.111. The number of hydrogen-bond acceptors (Lipinski definition) is 4. The Labute approximate surface area is 187 Å². The Morgan fingerprint density at radius 2 is 1.04 bits per heavy atom. The Bertz CT molecular complexity index is 1190. The number of phenols is 2. The molecule has 28 heavy (non-hydrogen) atoms. The first kappa shape index (κ1) is 19.1. The van der Waals surface area contributed by atoms with Crippen LogP contribution in [0.1, 0.15) is 20.7 Å². The lowest BCUT2D eigenvalue weighted by Crippen LogP contribution is -1.94. The van der Waals surface area contributed by atoms with E-state index in [-0.39, 0.29) is 22.6 Å². The third kappa shape index (κ3) is 3.04. The van der Waals surface area contributed by atoms with Crippen LogP contribution in [-0.2, 0) is 0 Å². The molecule has 2 N–H and O–H groups in total. The second-order valence-corrected chi connectivity index (χ2v) is 8.83. The van der Waals surface area contributed by atoms with E-state index in [2.05, 4.69) is 45.2 Å². The molecule has 4 aromatic rings. The first-order chi connectivity index (χ1) is 13.4. The van der Waals surface area contributed by atoms with Gasteiger partial charge in [0.2, 0.25) is 0 Å². The van der Waals surface area contributed by atoms with Crippen molar-refractivity contribution in [3.8, 4) is 22.6 Å². The second kappa shape index (κ2) is 7.32. The van der Waals surface area contributed by atoms with Crippen molar-refractivity contribution in [2.24, 2.45) is 0 Å². The molecule has 0 spiro atoms. The predicted molar refractivity (Wildman–Crippen MR) is 126 cm³/mol. The highest BCUT2D eigenvalue weighted by atomic mass is 127. The van der Waals surface area contributed by atoms with Crippen molar-refractivity contribution < 1.29 is 19.8 Å². The largest absolute Gasteiger partial charge is 0.507 e. The van der Waals surface area contributed by atoms with Crippen molar-refractivity contribution in [1.29, 1.82) is 0 Å². The highest BCUT2D eigenvalue weighted by Gasteiger charge is 2.20. The molecule has 0 saturated carbocycles. The molecule has 0 amide bonds. The average molecular weight is 594 g/mol. The van der Waals surface area contributed by atoms with Crippen LogP contribution >= 0.6 is 45.2 Å². The maximum atomic E-state index is 11.7. The molecule has 0 aromatic heterocycles. The van der Waals surface area contributed by atoms with Gasteiger partial charge in [-0.1, -0.05) is 12.1 Å². The molecule has 0 aliphatic heterocycles.